The van der Waals surface area contributed by atoms with Gasteiger partial charge in [-0.25, -0.2) is 12.7 Å². The van der Waals surface area contributed by atoms with Gasteiger partial charge in [-0.15, -0.1) is 0 Å². The van der Waals surface area contributed by atoms with Crippen LogP contribution in [0.4, 0.5) is 5.69 Å². The molecule has 0 atom stereocenters. The number of hydrogen-bond acceptors (Lipinski definition) is 3. The van der Waals surface area contributed by atoms with E-state index in [1.54, 1.807) is 29.2 Å². The van der Waals surface area contributed by atoms with E-state index in [1.807, 2.05) is 25.1 Å². The highest BCUT2D eigenvalue weighted by Crippen LogP contribution is 2.32. The highest BCUT2D eigenvalue weighted by molar-refractivity contribution is 7.89. The third kappa shape index (κ3) is 2.83. The summed E-state index contributed by atoms with van der Waals surface area (Å²) < 4.78 is 25.7. The molecule has 1 aliphatic rings. The Balaban J connectivity index is 1.95. The first-order valence-electron chi connectivity index (χ1n) is 7.74. The molecule has 0 N–H and O–H groups in total. The van der Waals surface area contributed by atoms with E-state index < -0.39 is 10.0 Å². The number of hydrogen-bond donors (Lipinski definition) is 0. The Morgan fingerprint density at radius 2 is 1.88 bits per heavy atom. The predicted molar refractivity (Wildman–Crippen MR) is 93.9 cm³/mol. The van der Waals surface area contributed by atoms with Gasteiger partial charge >= 0.3 is 0 Å². The lowest BCUT2D eigenvalue weighted by molar-refractivity contribution is 0.0989. The van der Waals surface area contributed by atoms with E-state index in [0.29, 0.717) is 18.5 Å². The van der Waals surface area contributed by atoms with Crippen LogP contribution in [-0.2, 0) is 16.4 Å². The van der Waals surface area contributed by atoms with Crippen LogP contribution < -0.4 is 4.90 Å². The highest BCUT2D eigenvalue weighted by atomic mass is 32.2. The molecule has 5 nitrogen and oxygen atoms in total. The fourth-order valence-corrected chi connectivity index (χ4v) is 3.85. The van der Waals surface area contributed by atoms with Crippen molar-refractivity contribution < 1.29 is 13.2 Å². The number of carbonyl (C=O) groups is 1. The zero-order chi connectivity index (χ0) is 17.5. The molecule has 2 aromatic carbocycles. The molecule has 1 aliphatic heterocycles. The lowest BCUT2D eigenvalue weighted by Crippen LogP contribution is -2.28. The van der Waals surface area contributed by atoms with E-state index in [4.69, 9.17) is 0 Å². The van der Waals surface area contributed by atoms with E-state index in [9.17, 15) is 13.2 Å². The van der Waals surface area contributed by atoms with Gasteiger partial charge in [-0.1, -0.05) is 17.7 Å². The molecule has 24 heavy (non-hydrogen) atoms. The Labute approximate surface area is 142 Å². The van der Waals surface area contributed by atoms with Crippen LogP contribution in [0.3, 0.4) is 0 Å². The molecule has 0 bridgehead atoms. The Hall–Kier alpha value is -2.18. The van der Waals surface area contributed by atoms with E-state index >= 15 is 0 Å². The molecule has 126 valence electrons. The molecule has 0 saturated carbocycles. The van der Waals surface area contributed by atoms with E-state index in [2.05, 4.69) is 0 Å². The van der Waals surface area contributed by atoms with Crippen molar-refractivity contribution in [2.75, 3.05) is 25.5 Å². The second kappa shape index (κ2) is 6.03. The summed E-state index contributed by atoms with van der Waals surface area (Å²) in [6.45, 7) is 2.51. The number of amides is 1. The van der Waals surface area contributed by atoms with E-state index in [1.165, 1.54) is 18.4 Å². The Morgan fingerprint density at radius 1 is 1.12 bits per heavy atom. The Bertz CT molecular complexity index is 904. The van der Waals surface area contributed by atoms with Crippen molar-refractivity contribution >= 4 is 21.6 Å². The zero-order valence-electron chi connectivity index (χ0n) is 14.0. The minimum Gasteiger partial charge on any atom is -0.308 e. The van der Waals surface area contributed by atoms with Crippen LogP contribution in [0.15, 0.2) is 47.4 Å². The third-order valence-corrected chi connectivity index (χ3v) is 6.05. The monoisotopic (exact) mass is 344 g/mol. The van der Waals surface area contributed by atoms with Crippen molar-refractivity contribution in [3.63, 3.8) is 0 Å². The number of carbonyl (C=O) groups excluding carboxylic acids is 1. The summed E-state index contributed by atoms with van der Waals surface area (Å²) in [6.07, 6.45) is 0.656. The van der Waals surface area contributed by atoms with Crippen molar-refractivity contribution in [3.8, 4) is 0 Å². The summed E-state index contributed by atoms with van der Waals surface area (Å²) >= 11 is 0. The summed E-state index contributed by atoms with van der Waals surface area (Å²) in [4.78, 5) is 14.7. The summed E-state index contributed by atoms with van der Waals surface area (Å²) in [5.41, 5.74) is 3.36. The molecular weight excluding hydrogens is 324 g/mol. The van der Waals surface area contributed by atoms with Crippen LogP contribution in [0.5, 0.6) is 0 Å². The molecule has 3 rings (SSSR count). The van der Waals surface area contributed by atoms with Gasteiger partial charge in [0, 0.05) is 31.9 Å². The lowest BCUT2D eigenvalue weighted by atomic mass is 10.1. The molecule has 0 radical (unpaired) electrons. The van der Waals surface area contributed by atoms with Crippen LogP contribution >= 0.6 is 0 Å². The molecular formula is C18H20N2O3S. The summed E-state index contributed by atoms with van der Waals surface area (Å²) in [5.74, 6) is -0.0549. The van der Waals surface area contributed by atoms with Crippen LogP contribution in [0.25, 0.3) is 0 Å². The number of benzene rings is 2. The summed E-state index contributed by atoms with van der Waals surface area (Å²) in [6, 6.07) is 12.5. The maximum Gasteiger partial charge on any atom is 0.258 e. The van der Waals surface area contributed by atoms with Crippen LogP contribution in [-0.4, -0.2) is 39.3 Å². The second-order valence-corrected chi connectivity index (χ2v) is 8.31. The minimum absolute atomic E-state index is 0.0549. The molecule has 0 aliphatic carbocycles. The average molecular weight is 344 g/mol. The Morgan fingerprint density at radius 3 is 2.54 bits per heavy atom. The van der Waals surface area contributed by atoms with Crippen molar-refractivity contribution in [3.05, 3.63) is 59.2 Å². The van der Waals surface area contributed by atoms with Gasteiger partial charge < -0.3 is 4.90 Å². The van der Waals surface area contributed by atoms with Gasteiger partial charge in [0.05, 0.1) is 4.90 Å². The number of sulfonamides is 1. The molecule has 0 aromatic heterocycles. The van der Waals surface area contributed by atoms with Crippen LogP contribution in [0, 0.1) is 6.92 Å². The van der Waals surface area contributed by atoms with Gasteiger partial charge in [-0.05, 0) is 49.2 Å². The third-order valence-electron chi connectivity index (χ3n) is 4.24. The molecule has 1 heterocycles. The lowest BCUT2D eigenvalue weighted by Gasteiger charge is -2.18. The fourth-order valence-electron chi connectivity index (χ4n) is 2.89. The molecule has 0 saturated heterocycles. The van der Waals surface area contributed by atoms with Crippen molar-refractivity contribution in [2.24, 2.45) is 0 Å². The average Bonchev–Trinajstić information content (AvgIpc) is 2.97. The number of anilines is 1. The van der Waals surface area contributed by atoms with Crippen LogP contribution in [0.2, 0.25) is 0 Å². The molecule has 0 spiro atoms. The van der Waals surface area contributed by atoms with Crippen LogP contribution in [0.1, 0.15) is 21.5 Å². The highest BCUT2D eigenvalue weighted by Gasteiger charge is 2.28. The van der Waals surface area contributed by atoms with Crippen molar-refractivity contribution in [1.29, 1.82) is 0 Å². The summed E-state index contributed by atoms with van der Waals surface area (Å²) in [5, 5.41) is 0. The normalized spacial score (nSPS) is 14.1. The molecule has 0 unspecified atom stereocenters. The van der Waals surface area contributed by atoms with Gasteiger partial charge in [0.25, 0.3) is 5.91 Å². The summed E-state index contributed by atoms with van der Waals surface area (Å²) in [7, 11) is -0.444. The maximum atomic E-state index is 12.8. The Kier molecular flexibility index (Phi) is 4.19. The van der Waals surface area contributed by atoms with E-state index in [0.717, 1.165) is 16.8 Å². The number of nitrogens with zero attached hydrogens (tertiary/aromatic N) is 2. The maximum absolute atomic E-state index is 12.8. The predicted octanol–water partition coefficient (Wildman–Crippen LogP) is 2.45. The first-order chi connectivity index (χ1) is 11.3. The second-order valence-electron chi connectivity index (χ2n) is 6.15. The SMILES string of the molecule is Cc1cccc(C(=O)N2CCc3cc(S(=O)(=O)N(C)C)ccc32)c1. The molecule has 0 fully saturated rings. The molecule has 1 amide bonds. The minimum atomic E-state index is -3.46. The number of rotatable bonds is 3. The molecule has 6 heteroatoms. The van der Waals surface area contributed by atoms with Crippen molar-refractivity contribution in [1.82, 2.24) is 4.31 Å². The van der Waals surface area contributed by atoms with Gasteiger partial charge in [0.2, 0.25) is 10.0 Å². The quantitative estimate of drug-likeness (QED) is 0.859. The van der Waals surface area contributed by atoms with Gasteiger partial charge in [0.15, 0.2) is 0 Å². The number of fused-ring (bicyclic) bond motifs is 1. The topological polar surface area (TPSA) is 57.7 Å². The molecule has 2 aromatic rings. The smallest absolute Gasteiger partial charge is 0.258 e. The van der Waals surface area contributed by atoms with Crippen molar-refractivity contribution in [2.45, 2.75) is 18.2 Å². The fraction of sp³-hybridized carbons (Fsp3) is 0.278. The van der Waals surface area contributed by atoms with Gasteiger partial charge in [0.1, 0.15) is 0 Å². The largest absolute Gasteiger partial charge is 0.308 e. The zero-order valence-corrected chi connectivity index (χ0v) is 14.8. The van der Waals surface area contributed by atoms with Gasteiger partial charge in [-0.2, -0.15) is 0 Å². The first kappa shape index (κ1) is 16.7. The van der Waals surface area contributed by atoms with Gasteiger partial charge in [-0.3, -0.25) is 4.79 Å². The number of aryl methyl sites for hydroxylation is 1. The standard InChI is InChI=1S/C18H20N2O3S/c1-13-5-4-6-15(11-13)18(21)20-10-9-14-12-16(7-8-17(14)20)24(22,23)19(2)3/h4-8,11-12H,9-10H2,1-3H3. The first-order valence-corrected chi connectivity index (χ1v) is 9.19. The van der Waals surface area contributed by atoms with E-state index in [-0.39, 0.29) is 10.8 Å².